The summed E-state index contributed by atoms with van der Waals surface area (Å²) in [4.78, 5) is 37.5. The lowest BCUT2D eigenvalue weighted by Crippen LogP contribution is -2.54. The first-order valence-corrected chi connectivity index (χ1v) is 10.5. The number of nitrogens with two attached hydrogens (primary N) is 1. The van der Waals surface area contributed by atoms with Gasteiger partial charge in [-0.25, -0.2) is 18.7 Å². The van der Waals surface area contributed by atoms with Crippen LogP contribution >= 0.6 is 0 Å². The largest absolute Gasteiger partial charge is 0.383 e. The number of nitriles is 1. The van der Waals surface area contributed by atoms with E-state index < -0.39 is 36.1 Å². The highest BCUT2D eigenvalue weighted by Crippen LogP contribution is 2.38. The maximum Gasteiger partial charge on any atom is 0.314 e. The van der Waals surface area contributed by atoms with E-state index in [4.69, 9.17) is 5.73 Å². The number of fused-ring (bicyclic) bond motifs is 1. The molecular weight excluding hydrogens is 444 g/mol. The van der Waals surface area contributed by atoms with E-state index in [9.17, 15) is 23.6 Å². The topological polar surface area (TPSA) is 147 Å². The van der Waals surface area contributed by atoms with Gasteiger partial charge in [0.25, 0.3) is 0 Å². The molecule has 3 aromatic rings. The lowest BCUT2D eigenvalue weighted by atomic mass is 9.81. The van der Waals surface area contributed by atoms with Crippen molar-refractivity contribution in [3.8, 4) is 17.3 Å². The number of anilines is 2. The van der Waals surface area contributed by atoms with E-state index in [0.29, 0.717) is 16.5 Å². The fraction of sp³-hybridized carbons (Fsp3) is 0.304. The Morgan fingerprint density at radius 3 is 2.56 bits per heavy atom. The normalized spacial score (nSPS) is 16.4. The van der Waals surface area contributed by atoms with Crippen molar-refractivity contribution < 1.29 is 18.4 Å². The van der Waals surface area contributed by atoms with Crippen LogP contribution in [0.5, 0.6) is 0 Å². The van der Waals surface area contributed by atoms with E-state index in [1.807, 2.05) is 19.1 Å². The zero-order valence-electron chi connectivity index (χ0n) is 18.2. The molecule has 0 aliphatic heterocycles. The summed E-state index contributed by atoms with van der Waals surface area (Å²) in [7, 11) is 0. The Balaban J connectivity index is 1.53. The minimum atomic E-state index is -2.88. The first-order valence-electron chi connectivity index (χ1n) is 10.5. The molecule has 11 heteroatoms. The van der Waals surface area contributed by atoms with Gasteiger partial charge in [-0.1, -0.05) is 0 Å². The molecule has 0 atom stereocenters. The summed E-state index contributed by atoms with van der Waals surface area (Å²) >= 11 is 0. The van der Waals surface area contributed by atoms with Gasteiger partial charge in [0, 0.05) is 42.4 Å². The van der Waals surface area contributed by atoms with Crippen LogP contribution in [-0.2, 0) is 9.59 Å². The number of alkyl halides is 2. The smallest absolute Gasteiger partial charge is 0.314 e. The number of aryl methyl sites for hydroxylation is 1. The van der Waals surface area contributed by atoms with Gasteiger partial charge in [0.05, 0.1) is 11.8 Å². The third-order valence-corrected chi connectivity index (χ3v) is 5.91. The highest BCUT2D eigenvalue weighted by atomic mass is 19.3. The zero-order valence-corrected chi connectivity index (χ0v) is 18.2. The van der Waals surface area contributed by atoms with Crippen molar-refractivity contribution in [1.82, 2.24) is 20.3 Å². The number of pyridine rings is 3. The molecule has 1 fully saturated rings. The number of carbonyl (C=O) groups excluding carboxylic acids is 2. The van der Waals surface area contributed by atoms with Crippen LogP contribution < -0.4 is 16.4 Å². The van der Waals surface area contributed by atoms with Crippen molar-refractivity contribution in [3.63, 3.8) is 0 Å². The molecule has 1 saturated carbocycles. The second-order valence-corrected chi connectivity index (χ2v) is 8.33. The standard InChI is InChI=1S/C23H21F2N7O2/c1-13-2-7-28-10-15(13)17-8-14-9-18(29-11-16(14)19(27)30-17)31-20(33)21(34)32-22(12-26)3-5-23(24,25)6-4-22/h2,7-11H,3-6H2,1H3,(H2,27,30)(H,32,34)(H,29,31,33). The van der Waals surface area contributed by atoms with E-state index in [0.717, 1.165) is 11.1 Å². The molecule has 4 N–H and O–H groups in total. The number of aromatic nitrogens is 3. The van der Waals surface area contributed by atoms with Crippen molar-refractivity contribution in [3.05, 3.63) is 42.4 Å². The van der Waals surface area contributed by atoms with Gasteiger partial charge in [0.1, 0.15) is 17.2 Å². The molecule has 0 bridgehead atoms. The molecule has 0 unspecified atom stereocenters. The molecule has 34 heavy (non-hydrogen) atoms. The van der Waals surface area contributed by atoms with Crippen LogP contribution in [0.1, 0.15) is 31.2 Å². The number of rotatable bonds is 3. The Morgan fingerprint density at radius 1 is 1.15 bits per heavy atom. The molecule has 1 aliphatic carbocycles. The van der Waals surface area contributed by atoms with Crippen LogP contribution in [0.15, 0.2) is 36.8 Å². The van der Waals surface area contributed by atoms with Crippen LogP contribution in [-0.4, -0.2) is 38.2 Å². The Morgan fingerprint density at radius 2 is 1.88 bits per heavy atom. The summed E-state index contributed by atoms with van der Waals surface area (Å²) in [6.45, 7) is 1.91. The van der Waals surface area contributed by atoms with Crippen molar-refractivity contribution in [2.45, 2.75) is 44.1 Å². The zero-order chi connectivity index (χ0) is 24.5. The third-order valence-electron chi connectivity index (χ3n) is 5.91. The molecule has 0 radical (unpaired) electrons. The van der Waals surface area contributed by atoms with Crippen LogP contribution in [0.4, 0.5) is 20.4 Å². The maximum atomic E-state index is 13.5. The Kier molecular flexibility index (Phi) is 5.83. The number of nitrogens with zero attached hydrogens (tertiary/aromatic N) is 4. The second kappa shape index (κ2) is 8.62. The van der Waals surface area contributed by atoms with Crippen molar-refractivity contribution in [2.24, 2.45) is 0 Å². The van der Waals surface area contributed by atoms with Gasteiger partial charge in [-0.05, 0) is 48.9 Å². The fourth-order valence-corrected chi connectivity index (χ4v) is 3.87. The molecule has 9 nitrogen and oxygen atoms in total. The van der Waals surface area contributed by atoms with Gasteiger partial charge in [0.15, 0.2) is 0 Å². The fourth-order valence-electron chi connectivity index (χ4n) is 3.87. The Hall–Kier alpha value is -4.20. The van der Waals surface area contributed by atoms with Crippen LogP contribution in [0, 0.1) is 18.3 Å². The number of amides is 2. The van der Waals surface area contributed by atoms with E-state index in [-0.39, 0.29) is 24.5 Å². The van der Waals surface area contributed by atoms with Gasteiger partial charge in [0.2, 0.25) is 5.92 Å². The van der Waals surface area contributed by atoms with Gasteiger partial charge in [-0.3, -0.25) is 14.6 Å². The minimum absolute atomic E-state index is 0.0771. The highest BCUT2D eigenvalue weighted by molar-refractivity contribution is 6.39. The molecule has 174 valence electrons. The lowest BCUT2D eigenvalue weighted by molar-refractivity contribution is -0.138. The van der Waals surface area contributed by atoms with Gasteiger partial charge in [-0.2, -0.15) is 5.26 Å². The number of hydrogen-bond donors (Lipinski definition) is 3. The summed E-state index contributed by atoms with van der Waals surface area (Å²) in [6, 6.07) is 7.02. The molecular formula is C23H21F2N7O2. The Bertz CT molecular complexity index is 1330. The van der Waals surface area contributed by atoms with Gasteiger partial charge < -0.3 is 16.4 Å². The Labute approximate surface area is 193 Å². The molecule has 3 heterocycles. The average Bonchev–Trinajstić information content (AvgIpc) is 2.80. The number of nitrogens with one attached hydrogen (secondary N) is 2. The first-order chi connectivity index (χ1) is 16.1. The summed E-state index contributed by atoms with van der Waals surface area (Å²) in [6.07, 6.45) is 3.19. The summed E-state index contributed by atoms with van der Waals surface area (Å²) < 4.78 is 26.9. The molecule has 0 aromatic carbocycles. The molecule has 2 amide bonds. The van der Waals surface area contributed by atoms with Crippen molar-refractivity contribution >= 4 is 34.2 Å². The quantitative estimate of drug-likeness (QED) is 0.504. The molecule has 0 spiro atoms. The molecule has 4 rings (SSSR count). The average molecular weight is 465 g/mol. The summed E-state index contributed by atoms with van der Waals surface area (Å²) in [5, 5.41) is 15.3. The predicted molar refractivity (Wildman–Crippen MR) is 120 cm³/mol. The van der Waals surface area contributed by atoms with E-state index in [1.54, 1.807) is 18.5 Å². The summed E-state index contributed by atoms with van der Waals surface area (Å²) in [5.41, 5.74) is 6.91. The van der Waals surface area contributed by atoms with Gasteiger partial charge >= 0.3 is 11.8 Å². The minimum Gasteiger partial charge on any atom is -0.383 e. The molecule has 0 saturated heterocycles. The predicted octanol–water partition coefficient (Wildman–Crippen LogP) is 3.11. The van der Waals surface area contributed by atoms with Gasteiger partial charge in [-0.15, -0.1) is 0 Å². The van der Waals surface area contributed by atoms with E-state index in [2.05, 4.69) is 25.6 Å². The SMILES string of the molecule is Cc1ccncc1-c1cc2cc(NC(=O)C(=O)NC3(C#N)CCC(F)(F)CC3)ncc2c(N)n1. The van der Waals surface area contributed by atoms with Crippen LogP contribution in [0.25, 0.3) is 22.0 Å². The monoisotopic (exact) mass is 465 g/mol. The number of hydrogen-bond acceptors (Lipinski definition) is 7. The van der Waals surface area contributed by atoms with E-state index in [1.165, 1.54) is 12.3 Å². The summed E-state index contributed by atoms with van der Waals surface area (Å²) in [5.74, 6) is -4.73. The number of carbonyl (C=O) groups is 2. The number of halogens is 2. The lowest BCUT2D eigenvalue weighted by Gasteiger charge is -2.35. The molecule has 3 aromatic heterocycles. The first kappa shape index (κ1) is 23.0. The second-order valence-electron chi connectivity index (χ2n) is 8.33. The molecule has 1 aliphatic rings. The van der Waals surface area contributed by atoms with Crippen molar-refractivity contribution in [2.75, 3.05) is 11.1 Å². The van der Waals surface area contributed by atoms with Crippen LogP contribution in [0.3, 0.4) is 0 Å². The third kappa shape index (κ3) is 4.61. The van der Waals surface area contributed by atoms with Crippen LogP contribution in [0.2, 0.25) is 0 Å². The maximum absolute atomic E-state index is 13.5. The highest BCUT2D eigenvalue weighted by Gasteiger charge is 2.45. The number of nitrogen functional groups attached to an aromatic ring is 1. The van der Waals surface area contributed by atoms with E-state index >= 15 is 0 Å². The van der Waals surface area contributed by atoms with Crippen molar-refractivity contribution in [1.29, 1.82) is 5.26 Å².